The van der Waals surface area contributed by atoms with Gasteiger partial charge in [-0.3, -0.25) is 4.79 Å². The number of hydrogen-bond acceptors (Lipinski definition) is 4. The van der Waals surface area contributed by atoms with Crippen LogP contribution in [0.5, 0.6) is 0 Å². The summed E-state index contributed by atoms with van der Waals surface area (Å²) in [4.78, 5) is 13.9. The highest BCUT2D eigenvalue weighted by molar-refractivity contribution is 5.91. The van der Waals surface area contributed by atoms with Gasteiger partial charge in [-0.1, -0.05) is 5.16 Å². The average Bonchev–Trinajstić information content (AvgIpc) is 2.75. The lowest BCUT2D eigenvalue weighted by Gasteiger charge is -2.34. The van der Waals surface area contributed by atoms with Crippen LogP contribution in [0.15, 0.2) is 10.6 Å². The summed E-state index contributed by atoms with van der Waals surface area (Å²) in [5, 5.41) is 3.74. The Bertz CT molecular complexity index is 400. The van der Waals surface area contributed by atoms with Crippen LogP contribution in [0, 0.1) is 12.8 Å². The van der Waals surface area contributed by atoms with E-state index < -0.39 is 0 Å². The fraction of sp³-hybridized carbons (Fsp3) is 0.667. The number of nitrogens with two attached hydrogens (primary N) is 1. The molecule has 1 saturated heterocycles. The topological polar surface area (TPSA) is 72.4 Å². The molecule has 1 fully saturated rings. The van der Waals surface area contributed by atoms with E-state index in [1.165, 1.54) is 0 Å². The molecule has 2 heterocycles. The molecule has 94 valence electrons. The highest BCUT2D eigenvalue weighted by Crippen LogP contribution is 2.20. The number of rotatable bonds is 2. The summed E-state index contributed by atoms with van der Waals surface area (Å²) in [5.74, 6) is 0.639. The van der Waals surface area contributed by atoms with Crippen LogP contribution in [0.3, 0.4) is 0 Å². The van der Waals surface area contributed by atoms with Crippen LogP contribution in [-0.2, 0) is 0 Å². The Balaban J connectivity index is 2.04. The third-order valence-electron chi connectivity index (χ3n) is 3.33. The smallest absolute Gasteiger partial charge is 0.292 e. The summed E-state index contributed by atoms with van der Waals surface area (Å²) in [5.41, 5.74) is 6.63. The number of likely N-dealkylation sites (tertiary alicyclic amines) is 1. The maximum atomic E-state index is 12.1. The van der Waals surface area contributed by atoms with E-state index in [4.69, 9.17) is 10.3 Å². The van der Waals surface area contributed by atoms with E-state index in [9.17, 15) is 4.79 Å². The van der Waals surface area contributed by atoms with Crippen molar-refractivity contribution in [2.45, 2.75) is 32.7 Å². The Morgan fingerprint density at radius 3 is 3.06 bits per heavy atom. The van der Waals surface area contributed by atoms with Crippen molar-refractivity contribution >= 4 is 5.91 Å². The van der Waals surface area contributed by atoms with Crippen molar-refractivity contribution in [1.29, 1.82) is 0 Å². The molecule has 2 atom stereocenters. The fourth-order valence-electron chi connectivity index (χ4n) is 2.24. The van der Waals surface area contributed by atoms with Crippen LogP contribution in [0.2, 0.25) is 0 Å². The Hall–Kier alpha value is -1.36. The molecule has 5 nitrogen and oxygen atoms in total. The van der Waals surface area contributed by atoms with Gasteiger partial charge in [0.25, 0.3) is 5.91 Å². The van der Waals surface area contributed by atoms with Crippen molar-refractivity contribution in [3.05, 3.63) is 17.5 Å². The van der Waals surface area contributed by atoms with E-state index in [0.717, 1.165) is 31.6 Å². The van der Waals surface area contributed by atoms with Gasteiger partial charge in [0.2, 0.25) is 5.76 Å². The normalized spacial score (nSPS) is 22.5. The van der Waals surface area contributed by atoms with Gasteiger partial charge in [0.05, 0.1) is 5.69 Å². The molecular formula is C12H19N3O2. The highest BCUT2D eigenvalue weighted by atomic mass is 16.5. The van der Waals surface area contributed by atoms with Gasteiger partial charge in [-0.25, -0.2) is 0 Å². The minimum atomic E-state index is -0.0732. The first-order valence-corrected chi connectivity index (χ1v) is 6.06. The minimum absolute atomic E-state index is 0.0732. The fourth-order valence-corrected chi connectivity index (χ4v) is 2.24. The molecule has 1 amide bonds. The lowest BCUT2D eigenvalue weighted by atomic mass is 9.92. The molecule has 0 bridgehead atoms. The van der Waals surface area contributed by atoms with Crippen molar-refractivity contribution in [3.63, 3.8) is 0 Å². The van der Waals surface area contributed by atoms with Gasteiger partial charge < -0.3 is 15.2 Å². The van der Waals surface area contributed by atoms with Crippen molar-refractivity contribution in [1.82, 2.24) is 10.1 Å². The zero-order chi connectivity index (χ0) is 12.4. The maximum Gasteiger partial charge on any atom is 0.292 e. The van der Waals surface area contributed by atoms with Gasteiger partial charge in [0, 0.05) is 25.2 Å². The molecular weight excluding hydrogens is 218 g/mol. The third-order valence-corrected chi connectivity index (χ3v) is 3.33. The lowest BCUT2D eigenvalue weighted by molar-refractivity contribution is 0.0619. The second-order valence-electron chi connectivity index (χ2n) is 4.85. The number of aromatic nitrogens is 1. The van der Waals surface area contributed by atoms with Gasteiger partial charge in [-0.15, -0.1) is 0 Å². The molecule has 5 heteroatoms. The molecule has 1 aromatic rings. The number of amides is 1. The average molecular weight is 237 g/mol. The van der Waals surface area contributed by atoms with Gasteiger partial charge in [0.1, 0.15) is 0 Å². The van der Waals surface area contributed by atoms with Gasteiger partial charge in [-0.05, 0) is 32.6 Å². The summed E-state index contributed by atoms with van der Waals surface area (Å²) in [6.45, 7) is 5.30. The number of carbonyl (C=O) groups is 1. The molecule has 1 aliphatic rings. The second-order valence-corrected chi connectivity index (χ2v) is 4.85. The number of carbonyl (C=O) groups excluding carboxylic acids is 1. The molecule has 0 spiro atoms. The quantitative estimate of drug-likeness (QED) is 0.838. The molecule has 0 aromatic carbocycles. The third kappa shape index (κ3) is 2.66. The van der Waals surface area contributed by atoms with Crippen LogP contribution in [-0.4, -0.2) is 35.1 Å². The number of piperidine rings is 1. The van der Waals surface area contributed by atoms with Crippen molar-refractivity contribution < 1.29 is 9.32 Å². The van der Waals surface area contributed by atoms with Crippen LogP contribution in [0.1, 0.15) is 36.0 Å². The Morgan fingerprint density at radius 2 is 2.47 bits per heavy atom. The molecule has 0 aliphatic carbocycles. The molecule has 2 unspecified atom stereocenters. The Morgan fingerprint density at radius 1 is 1.71 bits per heavy atom. The van der Waals surface area contributed by atoms with E-state index in [-0.39, 0.29) is 11.9 Å². The Labute approximate surface area is 101 Å². The van der Waals surface area contributed by atoms with E-state index >= 15 is 0 Å². The lowest BCUT2D eigenvalue weighted by Crippen LogP contribution is -2.44. The molecule has 1 aliphatic heterocycles. The predicted molar refractivity (Wildman–Crippen MR) is 63.5 cm³/mol. The molecule has 2 rings (SSSR count). The van der Waals surface area contributed by atoms with Crippen LogP contribution < -0.4 is 5.73 Å². The van der Waals surface area contributed by atoms with Gasteiger partial charge in [0.15, 0.2) is 0 Å². The number of hydrogen-bond donors (Lipinski definition) is 1. The summed E-state index contributed by atoms with van der Waals surface area (Å²) in [6.07, 6.45) is 2.10. The molecule has 0 radical (unpaired) electrons. The van der Waals surface area contributed by atoms with Crippen molar-refractivity contribution in [3.8, 4) is 0 Å². The standard InChI is InChI=1S/C12H19N3O2/c1-8-6-11(17-14-8)12(16)15-5-3-4-10(7-15)9(2)13/h6,9-10H,3-5,7,13H2,1-2H3. The van der Waals surface area contributed by atoms with E-state index in [1.807, 2.05) is 11.8 Å². The van der Waals surface area contributed by atoms with E-state index in [0.29, 0.717) is 11.7 Å². The van der Waals surface area contributed by atoms with Crippen molar-refractivity contribution in [2.24, 2.45) is 11.7 Å². The summed E-state index contributed by atoms with van der Waals surface area (Å²) in [6, 6.07) is 1.81. The van der Waals surface area contributed by atoms with Gasteiger partial charge in [-0.2, -0.15) is 0 Å². The predicted octanol–water partition coefficient (Wildman–Crippen LogP) is 1.18. The molecule has 2 N–H and O–H groups in total. The zero-order valence-electron chi connectivity index (χ0n) is 10.3. The van der Waals surface area contributed by atoms with Crippen LogP contribution in [0.4, 0.5) is 0 Å². The van der Waals surface area contributed by atoms with Crippen molar-refractivity contribution in [2.75, 3.05) is 13.1 Å². The van der Waals surface area contributed by atoms with Crippen LogP contribution >= 0.6 is 0 Å². The van der Waals surface area contributed by atoms with E-state index in [2.05, 4.69) is 5.16 Å². The monoisotopic (exact) mass is 237 g/mol. The van der Waals surface area contributed by atoms with Crippen LogP contribution in [0.25, 0.3) is 0 Å². The summed E-state index contributed by atoms with van der Waals surface area (Å²) >= 11 is 0. The number of aryl methyl sites for hydroxylation is 1. The van der Waals surface area contributed by atoms with Gasteiger partial charge >= 0.3 is 0 Å². The Kier molecular flexibility index (Phi) is 3.47. The first-order chi connectivity index (χ1) is 8.08. The molecule has 0 saturated carbocycles. The summed E-state index contributed by atoms with van der Waals surface area (Å²) in [7, 11) is 0. The second kappa shape index (κ2) is 4.87. The molecule has 17 heavy (non-hydrogen) atoms. The minimum Gasteiger partial charge on any atom is -0.351 e. The maximum absolute atomic E-state index is 12.1. The number of nitrogens with zero attached hydrogens (tertiary/aromatic N) is 2. The highest BCUT2D eigenvalue weighted by Gasteiger charge is 2.28. The zero-order valence-corrected chi connectivity index (χ0v) is 10.3. The molecule has 1 aromatic heterocycles. The SMILES string of the molecule is Cc1cc(C(=O)N2CCCC(C(C)N)C2)on1. The van der Waals surface area contributed by atoms with E-state index in [1.54, 1.807) is 13.0 Å². The first-order valence-electron chi connectivity index (χ1n) is 6.06. The largest absolute Gasteiger partial charge is 0.351 e. The first kappa shape index (κ1) is 12.1. The summed E-state index contributed by atoms with van der Waals surface area (Å²) < 4.78 is 5.00.